The molecule has 1 aliphatic heterocycles. The molecule has 13 heteroatoms. The number of alkyl halides is 3. The Morgan fingerprint density at radius 3 is 2.30 bits per heavy atom. The summed E-state index contributed by atoms with van der Waals surface area (Å²) in [5, 5.41) is 10.3. The van der Waals surface area contributed by atoms with Crippen LogP contribution in [-0.2, 0) is 26.2 Å². The van der Waals surface area contributed by atoms with Crippen LogP contribution in [0.25, 0.3) is 0 Å². The minimum Gasteiger partial charge on any atom is -0.497 e. The number of hydrogen-bond acceptors (Lipinski definition) is 6. The summed E-state index contributed by atoms with van der Waals surface area (Å²) < 4.78 is 65.2. The number of aryl methyl sites for hydroxylation is 1. The molecule has 2 aromatic carbocycles. The molecule has 204 valence electrons. The molecule has 0 aliphatic carbocycles. The first-order valence-corrected chi connectivity index (χ1v) is 12.8. The summed E-state index contributed by atoms with van der Waals surface area (Å²) in [6, 6.07) is 14.2. The van der Waals surface area contributed by atoms with Gasteiger partial charge >= 0.3 is 12.1 Å². The van der Waals surface area contributed by atoms with Crippen LogP contribution in [0, 0.1) is 6.92 Å². The predicted molar refractivity (Wildman–Crippen MR) is 130 cm³/mol. The number of ether oxygens (including phenoxy) is 1. The maximum absolute atomic E-state index is 13.4. The number of carboxylic acid groups (broad SMARTS) is 1. The molecule has 2 N–H and O–H groups in total. The Morgan fingerprint density at radius 1 is 1.11 bits per heavy atom. The molecule has 1 amide bonds. The van der Waals surface area contributed by atoms with E-state index in [-0.39, 0.29) is 30.3 Å². The number of amides is 1. The highest BCUT2D eigenvalue weighted by atomic mass is 32.2. The fourth-order valence-corrected chi connectivity index (χ4v) is 5.01. The number of carboxylic acids is 1. The molecule has 0 bridgehead atoms. The van der Waals surface area contributed by atoms with Crippen molar-refractivity contribution in [2.45, 2.75) is 31.0 Å². The van der Waals surface area contributed by atoms with E-state index in [1.807, 2.05) is 37.3 Å². The zero-order chi connectivity index (χ0) is 27.6. The Hall–Kier alpha value is -3.16. The van der Waals surface area contributed by atoms with E-state index >= 15 is 0 Å². The third-order valence-electron chi connectivity index (χ3n) is 5.41. The van der Waals surface area contributed by atoms with Gasteiger partial charge in [-0.3, -0.25) is 4.79 Å². The third kappa shape index (κ3) is 9.34. The van der Waals surface area contributed by atoms with Crippen molar-refractivity contribution in [3.05, 3.63) is 59.7 Å². The van der Waals surface area contributed by atoms with Crippen molar-refractivity contribution in [1.29, 1.82) is 0 Å². The number of hydrogen-bond donors (Lipinski definition) is 2. The summed E-state index contributed by atoms with van der Waals surface area (Å²) in [6.45, 7) is 4.98. The Bertz CT molecular complexity index is 1170. The lowest BCUT2D eigenvalue weighted by molar-refractivity contribution is -0.192. The predicted octanol–water partition coefficient (Wildman–Crippen LogP) is 2.65. The highest BCUT2D eigenvalue weighted by molar-refractivity contribution is 7.89. The van der Waals surface area contributed by atoms with Gasteiger partial charge in [-0.2, -0.15) is 17.5 Å². The first-order valence-electron chi connectivity index (χ1n) is 11.3. The van der Waals surface area contributed by atoms with E-state index in [1.165, 1.54) is 4.31 Å². The van der Waals surface area contributed by atoms with E-state index in [0.29, 0.717) is 18.8 Å². The summed E-state index contributed by atoms with van der Waals surface area (Å²) in [7, 11) is -2.18. The summed E-state index contributed by atoms with van der Waals surface area (Å²) in [5.41, 5.74) is 1.68. The van der Waals surface area contributed by atoms with Gasteiger partial charge in [0.15, 0.2) is 0 Å². The van der Waals surface area contributed by atoms with Crippen molar-refractivity contribution >= 4 is 21.9 Å². The summed E-state index contributed by atoms with van der Waals surface area (Å²) >= 11 is 0. The van der Waals surface area contributed by atoms with E-state index in [4.69, 9.17) is 14.6 Å². The number of aliphatic carboxylic acids is 1. The van der Waals surface area contributed by atoms with Gasteiger partial charge in [0.2, 0.25) is 15.9 Å². The van der Waals surface area contributed by atoms with Crippen LogP contribution in [0.1, 0.15) is 17.5 Å². The molecule has 0 radical (unpaired) electrons. The zero-order valence-corrected chi connectivity index (χ0v) is 21.3. The standard InChI is InChI=1S/C22H29N3O4S.C2HF3O2/c1-18-5-3-8-21(15-18)30(27,28)25(17-19-6-4-7-20(16-19)29-2)12-9-22(26)24-13-10-23-11-14-24;3-2(4,5)1(6)7/h3-8,15-16,23H,9-14,17H2,1-2H3;(H,6,7). The van der Waals surface area contributed by atoms with E-state index < -0.39 is 22.2 Å². The fraction of sp³-hybridized carbons (Fsp3) is 0.417. The maximum atomic E-state index is 13.4. The van der Waals surface area contributed by atoms with E-state index in [1.54, 1.807) is 30.2 Å². The van der Waals surface area contributed by atoms with Gasteiger partial charge in [-0.25, -0.2) is 13.2 Å². The Kier molecular flexibility index (Phi) is 10.9. The molecule has 0 aromatic heterocycles. The van der Waals surface area contributed by atoms with Crippen molar-refractivity contribution in [2.75, 3.05) is 39.8 Å². The maximum Gasteiger partial charge on any atom is 0.490 e. The largest absolute Gasteiger partial charge is 0.497 e. The Labute approximate surface area is 213 Å². The van der Waals surface area contributed by atoms with Crippen molar-refractivity contribution in [3.8, 4) is 5.75 Å². The van der Waals surface area contributed by atoms with Crippen LogP contribution in [0.15, 0.2) is 53.4 Å². The molecule has 1 heterocycles. The molecular formula is C24H30F3N3O6S. The van der Waals surface area contributed by atoms with Crippen LogP contribution in [0.5, 0.6) is 5.75 Å². The van der Waals surface area contributed by atoms with Crippen LogP contribution >= 0.6 is 0 Å². The monoisotopic (exact) mass is 545 g/mol. The minimum absolute atomic E-state index is 0.0217. The number of nitrogens with one attached hydrogen (secondary N) is 1. The number of carbonyl (C=O) groups excluding carboxylic acids is 1. The van der Waals surface area contributed by atoms with E-state index in [9.17, 15) is 26.4 Å². The number of piperazine rings is 1. The molecule has 9 nitrogen and oxygen atoms in total. The molecule has 0 saturated carbocycles. The molecule has 0 atom stereocenters. The Balaban J connectivity index is 0.000000604. The highest BCUT2D eigenvalue weighted by Gasteiger charge is 2.38. The van der Waals surface area contributed by atoms with Gasteiger partial charge in [0.25, 0.3) is 0 Å². The molecule has 0 unspecified atom stereocenters. The van der Waals surface area contributed by atoms with E-state index in [0.717, 1.165) is 24.2 Å². The number of sulfonamides is 1. The van der Waals surface area contributed by atoms with Crippen LogP contribution in [-0.4, -0.2) is 80.6 Å². The molecular weight excluding hydrogens is 515 g/mol. The summed E-state index contributed by atoms with van der Waals surface area (Å²) in [6.07, 6.45) is -4.94. The van der Waals surface area contributed by atoms with Crippen LogP contribution < -0.4 is 10.1 Å². The van der Waals surface area contributed by atoms with Gasteiger partial charge < -0.3 is 20.1 Å². The van der Waals surface area contributed by atoms with Crippen molar-refractivity contribution < 1.29 is 41.0 Å². The molecule has 1 saturated heterocycles. The van der Waals surface area contributed by atoms with Crippen LogP contribution in [0.3, 0.4) is 0 Å². The van der Waals surface area contributed by atoms with Crippen molar-refractivity contribution in [3.63, 3.8) is 0 Å². The van der Waals surface area contributed by atoms with Crippen LogP contribution in [0.2, 0.25) is 0 Å². The van der Waals surface area contributed by atoms with Crippen molar-refractivity contribution in [2.24, 2.45) is 0 Å². The van der Waals surface area contributed by atoms with Gasteiger partial charge in [0, 0.05) is 45.7 Å². The third-order valence-corrected chi connectivity index (χ3v) is 7.25. The second kappa shape index (κ2) is 13.4. The summed E-state index contributed by atoms with van der Waals surface area (Å²) in [5.74, 6) is -2.11. The normalized spacial score (nSPS) is 14.1. The number of halogens is 3. The fourth-order valence-electron chi connectivity index (χ4n) is 3.48. The molecule has 1 aliphatic rings. The van der Waals surface area contributed by atoms with Gasteiger partial charge in [0.05, 0.1) is 12.0 Å². The number of nitrogens with zero attached hydrogens (tertiary/aromatic N) is 2. The minimum atomic E-state index is -5.08. The number of rotatable bonds is 8. The number of carbonyl (C=O) groups is 2. The van der Waals surface area contributed by atoms with E-state index in [2.05, 4.69) is 5.32 Å². The lowest BCUT2D eigenvalue weighted by atomic mass is 10.2. The second-order valence-corrected chi connectivity index (χ2v) is 10.1. The average molecular weight is 546 g/mol. The van der Waals surface area contributed by atoms with Crippen LogP contribution in [0.4, 0.5) is 13.2 Å². The molecule has 2 aromatic rings. The number of methoxy groups -OCH3 is 1. The Morgan fingerprint density at radius 2 is 1.73 bits per heavy atom. The lowest BCUT2D eigenvalue weighted by Crippen LogP contribution is -2.47. The smallest absolute Gasteiger partial charge is 0.490 e. The average Bonchev–Trinajstić information content (AvgIpc) is 2.86. The molecule has 3 rings (SSSR count). The first kappa shape index (κ1) is 30.1. The second-order valence-electron chi connectivity index (χ2n) is 8.19. The van der Waals surface area contributed by atoms with Gasteiger partial charge in [-0.15, -0.1) is 0 Å². The highest BCUT2D eigenvalue weighted by Crippen LogP contribution is 2.22. The quantitative estimate of drug-likeness (QED) is 0.524. The lowest BCUT2D eigenvalue weighted by Gasteiger charge is -2.29. The first-order chi connectivity index (χ1) is 17.3. The van der Waals surface area contributed by atoms with Gasteiger partial charge in [-0.1, -0.05) is 24.3 Å². The zero-order valence-electron chi connectivity index (χ0n) is 20.5. The number of benzene rings is 2. The SMILES string of the molecule is COc1cccc(CN(CCC(=O)N2CCNCC2)S(=O)(=O)c2cccc(C)c2)c1.O=C(O)C(F)(F)F. The van der Waals surface area contributed by atoms with Gasteiger partial charge in [0.1, 0.15) is 5.75 Å². The topological polar surface area (TPSA) is 116 Å². The molecule has 1 fully saturated rings. The van der Waals surface area contributed by atoms with Crippen molar-refractivity contribution in [1.82, 2.24) is 14.5 Å². The van der Waals surface area contributed by atoms with Gasteiger partial charge in [-0.05, 0) is 42.3 Å². The molecule has 37 heavy (non-hydrogen) atoms. The summed E-state index contributed by atoms with van der Waals surface area (Å²) in [4.78, 5) is 23.6. The molecule has 0 spiro atoms.